The summed E-state index contributed by atoms with van der Waals surface area (Å²) in [6.45, 7) is 5.77. The van der Waals surface area contributed by atoms with Crippen LogP contribution in [0.15, 0.2) is 18.2 Å². The first-order chi connectivity index (χ1) is 8.52. The van der Waals surface area contributed by atoms with E-state index in [-0.39, 0.29) is 5.15 Å². The summed E-state index contributed by atoms with van der Waals surface area (Å²) >= 11 is 5.99. The van der Waals surface area contributed by atoms with E-state index in [0.717, 1.165) is 11.1 Å². The molecule has 0 unspecified atom stereocenters. The Morgan fingerprint density at radius 2 is 1.89 bits per heavy atom. The number of hydrogen-bond acceptors (Lipinski definition) is 3. The van der Waals surface area contributed by atoms with Crippen LogP contribution in [0.4, 0.5) is 0 Å². The smallest absolute Gasteiger partial charge is 0.155 e. The Bertz CT molecular complexity index is 623. The summed E-state index contributed by atoms with van der Waals surface area (Å²) in [7, 11) is 0. The minimum Gasteiger partial charge on any atom is -0.298 e. The van der Waals surface area contributed by atoms with Gasteiger partial charge in [-0.15, -0.1) is 0 Å². The van der Waals surface area contributed by atoms with Gasteiger partial charge in [-0.3, -0.25) is 4.79 Å². The van der Waals surface area contributed by atoms with Crippen LogP contribution in [0.5, 0.6) is 0 Å². The van der Waals surface area contributed by atoms with Gasteiger partial charge < -0.3 is 0 Å². The lowest BCUT2D eigenvalue weighted by Gasteiger charge is -2.10. The molecular formula is C14H13ClN2O. The van der Waals surface area contributed by atoms with Crippen LogP contribution in [-0.2, 0) is 0 Å². The lowest BCUT2D eigenvalue weighted by Crippen LogP contribution is -2.00. The van der Waals surface area contributed by atoms with Gasteiger partial charge in [-0.05, 0) is 26.3 Å². The Balaban J connectivity index is 2.73. The van der Waals surface area contributed by atoms with Gasteiger partial charge in [0.2, 0.25) is 0 Å². The lowest BCUT2D eigenvalue weighted by molar-refractivity contribution is 0.112. The Kier molecular flexibility index (Phi) is 3.43. The Morgan fingerprint density at radius 1 is 1.17 bits per heavy atom. The third-order valence-electron chi connectivity index (χ3n) is 2.77. The molecule has 0 aliphatic carbocycles. The lowest BCUT2D eigenvalue weighted by atomic mass is 10.0. The molecule has 2 aromatic rings. The van der Waals surface area contributed by atoms with Crippen molar-refractivity contribution in [1.29, 1.82) is 0 Å². The van der Waals surface area contributed by atoms with Gasteiger partial charge in [0, 0.05) is 5.56 Å². The second kappa shape index (κ2) is 4.86. The van der Waals surface area contributed by atoms with Crippen molar-refractivity contribution in [2.24, 2.45) is 0 Å². The second-order valence-corrected chi connectivity index (χ2v) is 4.62. The Hall–Kier alpha value is -1.74. The number of rotatable bonds is 2. The third-order valence-corrected chi connectivity index (χ3v) is 3.05. The second-order valence-electron chi connectivity index (χ2n) is 4.26. The maximum absolute atomic E-state index is 11.1. The molecule has 0 aliphatic rings. The van der Waals surface area contributed by atoms with Crippen LogP contribution in [0.25, 0.3) is 11.3 Å². The molecule has 0 spiro atoms. The molecule has 0 radical (unpaired) electrons. The van der Waals surface area contributed by atoms with E-state index in [0.29, 0.717) is 23.4 Å². The molecule has 3 nitrogen and oxygen atoms in total. The molecule has 0 saturated carbocycles. The maximum atomic E-state index is 11.1. The summed E-state index contributed by atoms with van der Waals surface area (Å²) in [6, 6.07) is 5.99. The van der Waals surface area contributed by atoms with E-state index in [9.17, 15) is 4.79 Å². The average molecular weight is 261 g/mol. The van der Waals surface area contributed by atoms with Gasteiger partial charge in [0.25, 0.3) is 0 Å². The van der Waals surface area contributed by atoms with Gasteiger partial charge in [0.1, 0.15) is 11.0 Å². The molecule has 1 heterocycles. The molecule has 92 valence electrons. The highest BCUT2D eigenvalue weighted by Gasteiger charge is 2.14. The molecule has 4 heteroatoms. The van der Waals surface area contributed by atoms with Crippen molar-refractivity contribution in [3.05, 3.63) is 45.9 Å². The number of aromatic nitrogens is 2. The van der Waals surface area contributed by atoms with Gasteiger partial charge >= 0.3 is 0 Å². The summed E-state index contributed by atoms with van der Waals surface area (Å²) in [4.78, 5) is 19.5. The molecule has 0 N–H and O–H groups in total. The zero-order valence-electron chi connectivity index (χ0n) is 10.5. The first kappa shape index (κ1) is 12.7. The molecule has 18 heavy (non-hydrogen) atoms. The van der Waals surface area contributed by atoms with E-state index in [1.54, 1.807) is 6.92 Å². The number of benzene rings is 1. The molecule has 0 fully saturated rings. The summed E-state index contributed by atoms with van der Waals surface area (Å²) in [5.74, 6) is 0.556. The van der Waals surface area contributed by atoms with Crippen LogP contribution in [0, 0.1) is 20.8 Å². The van der Waals surface area contributed by atoms with Crippen molar-refractivity contribution >= 4 is 17.9 Å². The summed E-state index contributed by atoms with van der Waals surface area (Å²) in [5, 5.41) is 0.201. The minimum atomic E-state index is 0.201. The van der Waals surface area contributed by atoms with E-state index in [1.807, 2.05) is 26.0 Å². The summed E-state index contributed by atoms with van der Waals surface area (Å²) in [5.41, 5.74) is 4.08. The zero-order valence-corrected chi connectivity index (χ0v) is 11.2. The normalized spacial score (nSPS) is 10.4. The predicted octanol–water partition coefficient (Wildman–Crippen LogP) is 3.53. The third kappa shape index (κ3) is 2.27. The Labute approximate surface area is 111 Å². The SMILES string of the molecule is Cc1ccc(-c2nc(C)nc(Cl)c2C=O)c(C)c1. The van der Waals surface area contributed by atoms with Crippen LogP contribution in [0.1, 0.15) is 27.3 Å². The molecule has 0 amide bonds. The van der Waals surface area contributed by atoms with E-state index in [1.165, 1.54) is 5.56 Å². The van der Waals surface area contributed by atoms with Crippen molar-refractivity contribution in [2.75, 3.05) is 0 Å². The van der Waals surface area contributed by atoms with Crippen molar-refractivity contribution in [1.82, 2.24) is 9.97 Å². The van der Waals surface area contributed by atoms with Gasteiger partial charge in [0.15, 0.2) is 6.29 Å². The average Bonchev–Trinajstić information content (AvgIpc) is 2.28. The maximum Gasteiger partial charge on any atom is 0.155 e. The molecule has 1 aromatic carbocycles. The fraction of sp³-hybridized carbons (Fsp3) is 0.214. The molecule has 1 aromatic heterocycles. The number of nitrogens with zero attached hydrogens (tertiary/aromatic N) is 2. The quantitative estimate of drug-likeness (QED) is 0.613. The van der Waals surface area contributed by atoms with Crippen LogP contribution in [0.3, 0.4) is 0 Å². The fourth-order valence-corrected chi connectivity index (χ4v) is 2.19. The number of carbonyl (C=O) groups is 1. The van der Waals surface area contributed by atoms with Gasteiger partial charge in [-0.1, -0.05) is 35.4 Å². The fourth-order valence-electron chi connectivity index (χ4n) is 1.94. The molecule has 0 atom stereocenters. The Morgan fingerprint density at radius 3 is 2.50 bits per heavy atom. The predicted molar refractivity (Wildman–Crippen MR) is 72.1 cm³/mol. The van der Waals surface area contributed by atoms with E-state index in [2.05, 4.69) is 16.0 Å². The molecule has 0 bridgehead atoms. The summed E-state index contributed by atoms with van der Waals surface area (Å²) in [6.07, 6.45) is 0.705. The van der Waals surface area contributed by atoms with Crippen LogP contribution in [-0.4, -0.2) is 16.3 Å². The summed E-state index contributed by atoms with van der Waals surface area (Å²) < 4.78 is 0. The van der Waals surface area contributed by atoms with E-state index >= 15 is 0 Å². The minimum absolute atomic E-state index is 0.201. The molecular weight excluding hydrogens is 248 g/mol. The molecule has 0 saturated heterocycles. The van der Waals surface area contributed by atoms with Crippen LogP contribution >= 0.6 is 11.6 Å². The zero-order chi connectivity index (χ0) is 13.3. The first-order valence-electron chi connectivity index (χ1n) is 5.60. The van der Waals surface area contributed by atoms with Crippen LogP contribution < -0.4 is 0 Å². The van der Waals surface area contributed by atoms with Gasteiger partial charge in [-0.2, -0.15) is 0 Å². The highest BCUT2D eigenvalue weighted by Crippen LogP contribution is 2.28. The standard InChI is InChI=1S/C14H13ClN2O/c1-8-4-5-11(9(2)6-8)13-12(7-18)14(15)17-10(3)16-13/h4-7H,1-3H3. The van der Waals surface area contributed by atoms with Crippen LogP contribution in [0.2, 0.25) is 5.15 Å². The molecule has 2 rings (SSSR count). The topological polar surface area (TPSA) is 42.9 Å². The highest BCUT2D eigenvalue weighted by atomic mass is 35.5. The largest absolute Gasteiger partial charge is 0.298 e. The molecule has 0 aliphatic heterocycles. The van der Waals surface area contributed by atoms with Crippen molar-refractivity contribution in [3.63, 3.8) is 0 Å². The highest BCUT2D eigenvalue weighted by molar-refractivity contribution is 6.32. The number of aryl methyl sites for hydroxylation is 3. The van der Waals surface area contributed by atoms with Crippen molar-refractivity contribution in [2.45, 2.75) is 20.8 Å². The van der Waals surface area contributed by atoms with E-state index < -0.39 is 0 Å². The number of halogens is 1. The number of hydrogen-bond donors (Lipinski definition) is 0. The van der Waals surface area contributed by atoms with E-state index in [4.69, 9.17) is 11.6 Å². The number of aldehydes is 1. The van der Waals surface area contributed by atoms with Crippen molar-refractivity contribution < 1.29 is 4.79 Å². The first-order valence-corrected chi connectivity index (χ1v) is 5.97. The van der Waals surface area contributed by atoms with Crippen molar-refractivity contribution in [3.8, 4) is 11.3 Å². The monoisotopic (exact) mass is 260 g/mol. The number of carbonyl (C=O) groups excluding carboxylic acids is 1. The van der Waals surface area contributed by atoms with Gasteiger partial charge in [-0.25, -0.2) is 9.97 Å². The van der Waals surface area contributed by atoms with Gasteiger partial charge in [0.05, 0.1) is 11.3 Å².